The Morgan fingerprint density at radius 2 is 1.77 bits per heavy atom. The normalized spacial score (nSPS) is 45.0. The maximum Gasteiger partial charge on any atom is 0.205 e. The summed E-state index contributed by atoms with van der Waals surface area (Å²) in [5, 5.41) is 2.36. The summed E-state index contributed by atoms with van der Waals surface area (Å²) in [7, 11) is 0. The molecule has 6 unspecified atom stereocenters. The molecule has 0 amide bonds. The Balaban J connectivity index is 1.34. The van der Waals surface area contributed by atoms with Gasteiger partial charge in [-0.3, -0.25) is 0 Å². The van der Waals surface area contributed by atoms with E-state index < -0.39 is 17.7 Å². The van der Waals surface area contributed by atoms with Crippen LogP contribution >= 0.6 is 0 Å². The molecule has 2 bridgehead atoms. The molecule has 7 rings (SSSR count). The molecule has 5 heteroatoms. The average Bonchev–Trinajstić information content (AvgIpc) is 2.98. The maximum atomic E-state index is 6.52. The Morgan fingerprint density at radius 3 is 2.63 bits per heavy atom. The largest absolute Gasteiger partial charge is 0.465 e. The third-order valence-electron chi connectivity index (χ3n) is 8.07. The van der Waals surface area contributed by atoms with Crippen LogP contribution in [0.25, 0.3) is 10.8 Å². The van der Waals surface area contributed by atoms with E-state index in [0.29, 0.717) is 11.8 Å². The van der Waals surface area contributed by atoms with E-state index in [4.69, 9.17) is 24.0 Å². The number of hydrogen-bond acceptors (Lipinski definition) is 5. The summed E-state index contributed by atoms with van der Waals surface area (Å²) in [5.74, 6) is 1.43. The first-order valence-electron chi connectivity index (χ1n) is 11.3. The number of rotatable bonds is 2. The molecule has 8 atom stereocenters. The van der Waals surface area contributed by atoms with E-state index in [1.54, 1.807) is 0 Å². The van der Waals surface area contributed by atoms with Crippen LogP contribution in [0.3, 0.4) is 0 Å². The SMILES string of the molecule is CC1CCC2[C@@H](C)C(Oc3ccc4ccccc4c3)OC3OC4(C)CCC1[C@]32OO4. The average molecular weight is 411 g/mol. The van der Waals surface area contributed by atoms with Gasteiger partial charge >= 0.3 is 0 Å². The molecule has 1 saturated carbocycles. The molecule has 0 N–H and O–H groups in total. The summed E-state index contributed by atoms with van der Waals surface area (Å²) >= 11 is 0. The van der Waals surface area contributed by atoms with Gasteiger partial charge in [-0.2, -0.15) is 0 Å². The molecule has 0 aromatic heterocycles. The zero-order chi connectivity index (χ0) is 20.5. The summed E-state index contributed by atoms with van der Waals surface area (Å²) in [5.41, 5.74) is -0.545. The van der Waals surface area contributed by atoms with Gasteiger partial charge in [0.25, 0.3) is 0 Å². The number of fused-ring (bicyclic) bond motifs is 3. The zero-order valence-electron chi connectivity index (χ0n) is 17.9. The molecular weight excluding hydrogens is 380 g/mol. The molecule has 5 aliphatic rings. The Morgan fingerprint density at radius 1 is 0.933 bits per heavy atom. The van der Waals surface area contributed by atoms with Crippen LogP contribution in [0.15, 0.2) is 42.5 Å². The van der Waals surface area contributed by atoms with E-state index >= 15 is 0 Å². The van der Waals surface area contributed by atoms with Crippen molar-refractivity contribution in [3.63, 3.8) is 0 Å². The molecule has 4 aliphatic heterocycles. The lowest BCUT2D eigenvalue weighted by Crippen LogP contribution is -2.70. The Labute approximate surface area is 177 Å². The smallest absolute Gasteiger partial charge is 0.205 e. The maximum absolute atomic E-state index is 6.52. The van der Waals surface area contributed by atoms with Gasteiger partial charge in [0, 0.05) is 18.3 Å². The number of ether oxygens (including phenoxy) is 3. The minimum Gasteiger partial charge on any atom is -0.465 e. The van der Waals surface area contributed by atoms with Crippen molar-refractivity contribution in [2.24, 2.45) is 23.7 Å². The van der Waals surface area contributed by atoms with Crippen LogP contribution in [-0.4, -0.2) is 24.0 Å². The highest BCUT2D eigenvalue weighted by atomic mass is 17.3. The van der Waals surface area contributed by atoms with Gasteiger partial charge in [-0.05, 0) is 60.9 Å². The van der Waals surface area contributed by atoms with Gasteiger partial charge in [0.1, 0.15) is 5.75 Å². The quantitative estimate of drug-likeness (QED) is 0.618. The van der Waals surface area contributed by atoms with E-state index in [-0.39, 0.29) is 18.1 Å². The molecule has 2 aromatic rings. The van der Waals surface area contributed by atoms with Crippen LogP contribution in [0.4, 0.5) is 0 Å². The second kappa shape index (κ2) is 6.67. The monoisotopic (exact) mass is 410 g/mol. The molecule has 0 radical (unpaired) electrons. The molecule has 4 saturated heterocycles. The predicted octanol–water partition coefficient (Wildman–Crippen LogP) is 5.43. The first kappa shape index (κ1) is 19.1. The van der Waals surface area contributed by atoms with Crippen LogP contribution in [0.1, 0.15) is 46.5 Å². The summed E-state index contributed by atoms with van der Waals surface area (Å²) < 4.78 is 19.4. The van der Waals surface area contributed by atoms with E-state index in [9.17, 15) is 0 Å². The van der Waals surface area contributed by atoms with Crippen LogP contribution in [0, 0.1) is 23.7 Å². The zero-order valence-corrected chi connectivity index (χ0v) is 17.9. The summed E-state index contributed by atoms with van der Waals surface area (Å²) in [6, 6.07) is 14.5. The molecule has 1 aliphatic carbocycles. The van der Waals surface area contributed by atoms with Crippen molar-refractivity contribution in [1.82, 2.24) is 0 Å². The van der Waals surface area contributed by atoms with Gasteiger partial charge in [-0.25, -0.2) is 9.78 Å². The highest BCUT2D eigenvalue weighted by molar-refractivity contribution is 5.83. The second-order valence-corrected chi connectivity index (χ2v) is 9.90. The van der Waals surface area contributed by atoms with Crippen molar-refractivity contribution >= 4 is 10.8 Å². The molecule has 5 fully saturated rings. The molecule has 2 aromatic carbocycles. The van der Waals surface area contributed by atoms with Gasteiger partial charge in [0.2, 0.25) is 12.1 Å². The topological polar surface area (TPSA) is 46.2 Å². The number of hydrogen-bond donors (Lipinski definition) is 0. The van der Waals surface area contributed by atoms with Gasteiger partial charge in [0.15, 0.2) is 11.9 Å². The Bertz CT molecular complexity index is 961. The molecule has 4 heterocycles. The van der Waals surface area contributed by atoms with Gasteiger partial charge in [-0.15, -0.1) is 0 Å². The lowest BCUT2D eigenvalue weighted by molar-refractivity contribution is -0.575. The summed E-state index contributed by atoms with van der Waals surface area (Å²) in [4.78, 5) is 12.1. The van der Waals surface area contributed by atoms with E-state index in [0.717, 1.165) is 30.4 Å². The van der Waals surface area contributed by atoms with Crippen LogP contribution in [0.5, 0.6) is 5.75 Å². The lowest BCUT2D eigenvalue weighted by atomic mass is 9.58. The fraction of sp³-hybridized carbons (Fsp3) is 0.600. The fourth-order valence-electron chi connectivity index (χ4n) is 6.38. The molecule has 1 spiro atoms. The van der Waals surface area contributed by atoms with Crippen LogP contribution in [0.2, 0.25) is 0 Å². The minimum atomic E-state index is -0.758. The third-order valence-corrected chi connectivity index (χ3v) is 8.07. The fourth-order valence-corrected chi connectivity index (χ4v) is 6.38. The third kappa shape index (κ3) is 2.69. The highest BCUT2D eigenvalue weighted by Gasteiger charge is 2.69. The van der Waals surface area contributed by atoms with Crippen molar-refractivity contribution in [3.8, 4) is 5.75 Å². The van der Waals surface area contributed by atoms with Gasteiger partial charge in [0.05, 0.1) is 0 Å². The first-order valence-corrected chi connectivity index (χ1v) is 11.3. The van der Waals surface area contributed by atoms with Crippen molar-refractivity contribution in [3.05, 3.63) is 42.5 Å². The van der Waals surface area contributed by atoms with E-state index in [1.807, 2.05) is 19.1 Å². The lowest BCUT2D eigenvalue weighted by Gasteiger charge is -2.60. The van der Waals surface area contributed by atoms with Crippen molar-refractivity contribution < 1.29 is 24.0 Å². The Hall–Kier alpha value is -1.66. The second-order valence-electron chi connectivity index (χ2n) is 9.90. The number of benzene rings is 2. The van der Waals surface area contributed by atoms with Gasteiger partial charge < -0.3 is 14.2 Å². The standard InChI is InChI=1S/C25H30O5/c1-15-8-11-21-16(2)22(26-19-10-9-17-6-4-5-7-18(17)14-19)27-23-25(21)20(15)12-13-24(3,28-23)29-30-25/h4-7,9-10,14-16,20-23H,8,11-13H2,1-3H3/t15?,16-,20?,21?,22?,23?,24?,25-/m1/s1. The molecule has 5 nitrogen and oxygen atoms in total. The molecule has 30 heavy (non-hydrogen) atoms. The molecule has 160 valence electrons. The highest BCUT2D eigenvalue weighted by Crippen LogP contribution is 2.60. The van der Waals surface area contributed by atoms with Crippen molar-refractivity contribution in [2.45, 2.75) is 70.4 Å². The van der Waals surface area contributed by atoms with Crippen LogP contribution in [-0.2, 0) is 19.2 Å². The van der Waals surface area contributed by atoms with E-state index in [1.165, 1.54) is 11.8 Å². The summed E-state index contributed by atoms with van der Waals surface area (Å²) in [6.45, 7) is 6.51. The van der Waals surface area contributed by atoms with Crippen molar-refractivity contribution in [2.75, 3.05) is 0 Å². The van der Waals surface area contributed by atoms with E-state index in [2.05, 4.69) is 44.2 Å². The minimum absolute atomic E-state index is 0.164. The van der Waals surface area contributed by atoms with Crippen molar-refractivity contribution in [1.29, 1.82) is 0 Å². The molecular formula is C25H30O5. The predicted molar refractivity (Wildman–Crippen MR) is 111 cm³/mol. The van der Waals surface area contributed by atoms with Gasteiger partial charge in [-0.1, -0.05) is 44.2 Å². The van der Waals surface area contributed by atoms with Crippen LogP contribution < -0.4 is 4.74 Å². The summed E-state index contributed by atoms with van der Waals surface area (Å²) in [6.07, 6.45) is 3.26. The Kier molecular flexibility index (Phi) is 4.24. The first-order chi connectivity index (χ1) is 14.5.